The average Bonchev–Trinajstić information content (AvgIpc) is 2.83. The van der Waals surface area contributed by atoms with Gasteiger partial charge in [0.1, 0.15) is 5.69 Å². The first-order valence-electron chi connectivity index (χ1n) is 6.50. The zero-order valence-corrected chi connectivity index (χ0v) is 12.6. The van der Waals surface area contributed by atoms with Crippen LogP contribution in [0, 0.1) is 0 Å². The smallest absolute Gasteiger partial charge is 0.270 e. The summed E-state index contributed by atoms with van der Waals surface area (Å²) < 4.78 is 0. The van der Waals surface area contributed by atoms with E-state index in [1.54, 1.807) is 12.1 Å². The maximum Gasteiger partial charge on any atom is 0.270 e. The van der Waals surface area contributed by atoms with Crippen LogP contribution in [0.4, 0.5) is 0 Å². The van der Waals surface area contributed by atoms with Crippen molar-refractivity contribution < 1.29 is 4.79 Å². The predicted molar refractivity (Wildman–Crippen MR) is 81.7 cm³/mol. The van der Waals surface area contributed by atoms with Crippen molar-refractivity contribution in [2.75, 3.05) is 33.2 Å². The average molecular weight is 312 g/mol. The summed E-state index contributed by atoms with van der Waals surface area (Å²) in [6.07, 6.45) is 0. The fraction of sp³-hybridized carbons (Fsp3) is 0.357. The number of H-pyrrole nitrogens is 1. The molecule has 1 saturated heterocycles. The highest BCUT2D eigenvalue weighted by Crippen LogP contribution is 2.28. The van der Waals surface area contributed by atoms with E-state index in [-0.39, 0.29) is 5.91 Å². The van der Waals surface area contributed by atoms with E-state index in [1.807, 2.05) is 11.0 Å². The van der Waals surface area contributed by atoms with E-state index in [2.05, 4.69) is 16.9 Å². The van der Waals surface area contributed by atoms with Crippen LogP contribution in [-0.2, 0) is 0 Å². The standard InChI is InChI=1S/C14H15Cl2N3O/c1-18-2-4-19(5-3-18)14(20)12-7-9-6-10(15)8-11(16)13(9)17-12/h6-8,17H,2-5H2,1H3. The number of halogens is 2. The Bertz CT molecular complexity index is 660. The summed E-state index contributed by atoms with van der Waals surface area (Å²) in [4.78, 5) is 19.7. The van der Waals surface area contributed by atoms with Crippen molar-refractivity contribution in [2.45, 2.75) is 0 Å². The Balaban J connectivity index is 1.90. The third kappa shape index (κ3) is 2.51. The first kappa shape index (κ1) is 13.7. The number of aromatic amines is 1. The molecular formula is C14H15Cl2N3O. The van der Waals surface area contributed by atoms with Crippen LogP contribution >= 0.6 is 23.2 Å². The molecule has 1 N–H and O–H groups in total. The largest absolute Gasteiger partial charge is 0.349 e. The molecule has 0 aliphatic carbocycles. The Kier molecular flexibility index (Phi) is 3.63. The number of fused-ring (bicyclic) bond motifs is 1. The normalized spacial score (nSPS) is 16.9. The highest BCUT2D eigenvalue weighted by molar-refractivity contribution is 6.38. The highest BCUT2D eigenvalue weighted by atomic mass is 35.5. The molecule has 2 heterocycles. The highest BCUT2D eigenvalue weighted by Gasteiger charge is 2.22. The molecule has 1 aromatic carbocycles. The lowest BCUT2D eigenvalue weighted by molar-refractivity contribution is 0.0659. The molecule has 2 aromatic rings. The van der Waals surface area contributed by atoms with Crippen molar-refractivity contribution >= 4 is 40.0 Å². The molecule has 106 valence electrons. The van der Waals surface area contributed by atoms with Gasteiger partial charge in [0.15, 0.2) is 0 Å². The lowest BCUT2D eigenvalue weighted by Gasteiger charge is -2.32. The number of benzene rings is 1. The van der Waals surface area contributed by atoms with E-state index < -0.39 is 0 Å². The number of amides is 1. The van der Waals surface area contributed by atoms with Crippen molar-refractivity contribution in [2.24, 2.45) is 0 Å². The topological polar surface area (TPSA) is 39.3 Å². The van der Waals surface area contributed by atoms with E-state index in [1.165, 1.54) is 0 Å². The molecule has 1 aliphatic rings. The zero-order chi connectivity index (χ0) is 14.3. The number of likely N-dealkylation sites (N-methyl/N-ethyl adjacent to an activating group) is 1. The monoisotopic (exact) mass is 311 g/mol. The maximum atomic E-state index is 12.5. The fourth-order valence-corrected chi connectivity index (χ4v) is 3.02. The van der Waals surface area contributed by atoms with Crippen LogP contribution in [0.2, 0.25) is 10.0 Å². The van der Waals surface area contributed by atoms with Gasteiger partial charge in [-0.2, -0.15) is 0 Å². The third-order valence-corrected chi connectivity index (χ3v) is 4.18. The van der Waals surface area contributed by atoms with Crippen LogP contribution in [0.3, 0.4) is 0 Å². The molecule has 1 amide bonds. The summed E-state index contributed by atoms with van der Waals surface area (Å²) in [5, 5.41) is 1.96. The molecule has 1 aromatic heterocycles. The number of carbonyl (C=O) groups excluding carboxylic acids is 1. The van der Waals surface area contributed by atoms with Gasteiger partial charge in [0.05, 0.1) is 10.5 Å². The van der Waals surface area contributed by atoms with Gasteiger partial charge in [-0.05, 0) is 25.2 Å². The van der Waals surface area contributed by atoms with Crippen molar-refractivity contribution in [1.82, 2.24) is 14.8 Å². The van der Waals surface area contributed by atoms with Gasteiger partial charge in [0.25, 0.3) is 5.91 Å². The molecule has 0 atom stereocenters. The predicted octanol–water partition coefficient (Wildman–Crippen LogP) is 2.86. The molecule has 1 aliphatic heterocycles. The van der Waals surface area contributed by atoms with Crippen molar-refractivity contribution in [3.8, 4) is 0 Å². The molecule has 0 spiro atoms. The van der Waals surface area contributed by atoms with Crippen molar-refractivity contribution in [3.05, 3.63) is 33.9 Å². The first-order valence-corrected chi connectivity index (χ1v) is 7.26. The van der Waals surface area contributed by atoms with E-state index in [4.69, 9.17) is 23.2 Å². The molecular weight excluding hydrogens is 297 g/mol. The molecule has 4 nitrogen and oxygen atoms in total. The van der Waals surface area contributed by atoms with E-state index in [0.717, 1.165) is 37.1 Å². The van der Waals surface area contributed by atoms with E-state index >= 15 is 0 Å². The summed E-state index contributed by atoms with van der Waals surface area (Å²) in [5.74, 6) is 0.0153. The Morgan fingerprint density at radius 1 is 1.15 bits per heavy atom. The van der Waals surface area contributed by atoms with Gasteiger partial charge in [-0.15, -0.1) is 0 Å². The van der Waals surface area contributed by atoms with Gasteiger partial charge in [0.2, 0.25) is 0 Å². The summed E-state index contributed by atoms with van der Waals surface area (Å²) in [6.45, 7) is 3.30. The molecule has 20 heavy (non-hydrogen) atoms. The summed E-state index contributed by atoms with van der Waals surface area (Å²) in [5.41, 5.74) is 1.32. The second-order valence-corrected chi connectivity index (χ2v) is 5.97. The number of carbonyl (C=O) groups is 1. The molecule has 3 rings (SSSR count). The lowest BCUT2D eigenvalue weighted by Crippen LogP contribution is -2.47. The second kappa shape index (κ2) is 5.28. The summed E-state index contributed by atoms with van der Waals surface area (Å²) >= 11 is 12.1. The van der Waals surface area contributed by atoms with Crippen LogP contribution in [0.25, 0.3) is 10.9 Å². The minimum atomic E-state index is 0.0153. The number of rotatable bonds is 1. The number of piperazine rings is 1. The SMILES string of the molecule is CN1CCN(C(=O)c2cc3cc(Cl)cc(Cl)c3[nH]2)CC1. The van der Waals surface area contributed by atoms with Crippen molar-refractivity contribution in [1.29, 1.82) is 0 Å². The van der Waals surface area contributed by atoms with Crippen LogP contribution in [0.15, 0.2) is 18.2 Å². The first-order chi connectivity index (χ1) is 9.54. The Hall–Kier alpha value is -1.23. The number of hydrogen-bond acceptors (Lipinski definition) is 2. The maximum absolute atomic E-state index is 12.5. The number of nitrogens with zero attached hydrogens (tertiary/aromatic N) is 2. The number of aromatic nitrogens is 1. The quantitative estimate of drug-likeness (QED) is 0.879. The lowest BCUT2D eigenvalue weighted by atomic mass is 10.2. The van der Waals surface area contributed by atoms with Gasteiger partial charge in [-0.1, -0.05) is 23.2 Å². The minimum absolute atomic E-state index is 0.0153. The Morgan fingerprint density at radius 3 is 2.55 bits per heavy atom. The van der Waals surface area contributed by atoms with E-state index in [0.29, 0.717) is 15.7 Å². The third-order valence-electron chi connectivity index (χ3n) is 3.67. The molecule has 6 heteroatoms. The summed E-state index contributed by atoms with van der Waals surface area (Å²) in [7, 11) is 2.06. The second-order valence-electron chi connectivity index (χ2n) is 5.13. The minimum Gasteiger partial charge on any atom is -0.349 e. The molecule has 0 saturated carbocycles. The number of hydrogen-bond donors (Lipinski definition) is 1. The van der Waals surface area contributed by atoms with Gasteiger partial charge < -0.3 is 14.8 Å². The Morgan fingerprint density at radius 2 is 1.85 bits per heavy atom. The van der Waals surface area contributed by atoms with Crippen LogP contribution in [0.1, 0.15) is 10.5 Å². The van der Waals surface area contributed by atoms with Gasteiger partial charge >= 0.3 is 0 Å². The number of nitrogens with one attached hydrogen (secondary N) is 1. The molecule has 1 fully saturated rings. The van der Waals surface area contributed by atoms with E-state index in [9.17, 15) is 4.79 Å². The van der Waals surface area contributed by atoms with Crippen LogP contribution in [0.5, 0.6) is 0 Å². The van der Waals surface area contributed by atoms with Gasteiger partial charge in [0, 0.05) is 36.6 Å². The van der Waals surface area contributed by atoms with Crippen LogP contribution in [-0.4, -0.2) is 53.9 Å². The van der Waals surface area contributed by atoms with Gasteiger partial charge in [-0.3, -0.25) is 4.79 Å². The Labute approximate surface area is 127 Å². The van der Waals surface area contributed by atoms with Gasteiger partial charge in [-0.25, -0.2) is 0 Å². The summed E-state index contributed by atoms with van der Waals surface area (Å²) in [6, 6.07) is 5.29. The molecule has 0 unspecified atom stereocenters. The van der Waals surface area contributed by atoms with Crippen molar-refractivity contribution in [3.63, 3.8) is 0 Å². The molecule has 0 bridgehead atoms. The molecule has 0 radical (unpaired) electrons. The fourth-order valence-electron chi connectivity index (χ4n) is 2.46. The zero-order valence-electron chi connectivity index (χ0n) is 11.1. The van der Waals surface area contributed by atoms with Crippen LogP contribution < -0.4 is 0 Å².